The maximum absolute atomic E-state index is 12.2. The molecule has 0 amide bonds. The summed E-state index contributed by atoms with van der Waals surface area (Å²) in [5.41, 5.74) is -2.88. The first-order valence-corrected chi connectivity index (χ1v) is 5.95. The second-order valence-electron chi connectivity index (χ2n) is 6.17. The molecule has 0 saturated heterocycles. The van der Waals surface area contributed by atoms with E-state index in [1.807, 2.05) is 13.8 Å². The van der Waals surface area contributed by atoms with Crippen molar-refractivity contribution in [2.75, 3.05) is 0 Å². The minimum absolute atomic E-state index is 0.190. The monoisotopic (exact) mass is 240 g/mol. The van der Waals surface area contributed by atoms with Gasteiger partial charge in [0.25, 0.3) is 0 Å². The van der Waals surface area contributed by atoms with Crippen LogP contribution < -0.4 is 0 Å². The van der Waals surface area contributed by atoms with Crippen LogP contribution in [0.5, 0.6) is 0 Å². The number of rotatable bonds is 0. The van der Waals surface area contributed by atoms with E-state index in [-0.39, 0.29) is 6.42 Å². The van der Waals surface area contributed by atoms with E-state index in [9.17, 15) is 15.0 Å². The Bertz CT molecular complexity index is 374. The Hall–Kier alpha value is -0.870. The predicted octanol–water partition coefficient (Wildman–Crippen LogP) is 1.37. The Kier molecular flexibility index (Phi) is 2.46. The molecule has 17 heavy (non-hydrogen) atoms. The number of hydrogen-bond donors (Lipinski definition) is 2. The van der Waals surface area contributed by atoms with Crippen molar-refractivity contribution >= 4 is 5.97 Å². The van der Waals surface area contributed by atoms with Gasteiger partial charge in [0.15, 0.2) is 0 Å². The van der Waals surface area contributed by atoms with Gasteiger partial charge in [0.05, 0.1) is 11.7 Å². The van der Waals surface area contributed by atoms with E-state index in [0.29, 0.717) is 12.2 Å². The number of aliphatic hydroxyl groups is 2. The summed E-state index contributed by atoms with van der Waals surface area (Å²) in [5, 5.41) is 20.5. The van der Waals surface area contributed by atoms with Crippen molar-refractivity contribution in [2.45, 2.75) is 52.2 Å². The van der Waals surface area contributed by atoms with Gasteiger partial charge >= 0.3 is 5.97 Å². The zero-order chi connectivity index (χ0) is 13.1. The minimum atomic E-state index is -1.29. The van der Waals surface area contributed by atoms with Crippen LogP contribution >= 0.6 is 0 Å². The number of esters is 1. The highest BCUT2D eigenvalue weighted by atomic mass is 16.5. The Labute approximate surface area is 101 Å². The van der Waals surface area contributed by atoms with E-state index in [4.69, 9.17) is 4.74 Å². The number of cyclic esters (lactones) is 1. The highest BCUT2D eigenvalue weighted by Gasteiger charge is 2.66. The van der Waals surface area contributed by atoms with Gasteiger partial charge in [-0.25, -0.2) is 0 Å². The highest BCUT2D eigenvalue weighted by molar-refractivity contribution is 5.85. The number of carbonyl (C=O) groups excluding carboxylic acids is 1. The van der Waals surface area contributed by atoms with Gasteiger partial charge in [-0.1, -0.05) is 13.8 Å². The summed E-state index contributed by atoms with van der Waals surface area (Å²) in [6, 6.07) is 0. The fourth-order valence-electron chi connectivity index (χ4n) is 3.64. The van der Waals surface area contributed by atoms with E-state index in [1.165, 1.54) is 0 Å². The van der Waals surface area contributed by atoms with Crippen molar-refractivity contribution in [3.8, 4) is 0 Å². The SMILES string of the molecule is CC1=CC2(C(=O)O1)C(C)(C)CC(O)CC2(C)O. The lowest BCUT2D eigenvalue weighted by atomic mass is 9.51. The lowest BCUT2D eigenvalue weighted by molar-refractivity contribution is -0.193. The molecular formula is C13H20O4. The molecule has 0 bridgehead atoms. The van der Waals surface area contributed by atoms with E-state index in [2.05, 4.69) is 0 Å². The third-order valence-electron chi connectivity index (χ3n) is 4.29. The number of ether oxygens (including phenoxy) is 1. The van der Waals surface area contributed by atoms with Crippen molar-refractivity contribution in [2.24, 2.45) is 10.8 Å². The van der Waals surface area contributed by atoms with Gasteiger partial charge in [0.1, 0.15) is 11.2 Å². The number of aliphatic hydroxyl groups excluding tert-OH is 1. The van der Waals surface area contributed by atoms with Crippen LogP contribution in [0.1, 0.15) is 40.5 Å². The molecular weight excluding hydrogens is 220 g/mol. The second-order valence-corrected chi connectivity index (χ2v) is 6.17. The van der Waals surface area contributed by atoms with Crippen LogP contribution in [0.15, 0.2) is 11.8 Å². The molecule has 2 aliphatic rings. The van der Waals surface area contributed by atoms with E-state index in [1.54, 1.807) is 19.9 Å². The molecule has 0 radical (unpaired) electrons. The van der Waals surface area contributed by atoms with Crippen molar-refractivity contribution < 1.29 is 19.7 Å². The van der Waals surface area contributed by atoms with Gasteiger partial charge in [-0.05, 0) is 31.8 Å². The summed E-state index contributed by atoms with van der Waals surface area (Å²) < 4.78 is 5.14. The molecule has 96 valence electrons. The van der Waals surface area contributed by atoms with Gasteiger partial charge in [0.2, 0.25) is 0 Å². The summed E-state index contributed by atoms with van der Waals surface area (Å²) in [7, 11) is 0. The number of hydrogen-bond acceptors (Lipinski definition) is 4. The van der Waals surface area contributed by atoms with Gasteiger partial charge in [-0.2, -0.15) is 0 Å². The van der Waals surface area contributed by atoms with E-state index < -0.39 is 28.5 Å². The molecule has 1 aliphatic carbocycles. The molecule has 0 aromatic heterocycles. The van der Waals surface area contributed by atoms with Crippen LogP contribution in [0, 0.1) is 10.8 Å². The summed E-state index contributed by atoms with van der Waals surface area (Å²) in [5.74, 6) is 0.122. The lowest BCUT2D eigenvalue weighted by Crippen LogP contribution is -2.62. The van der Waals surface area contributed by atoms with Crippen LogP contribution in [-0.2, 0) is 9.53 Å². The zero-order valence-electron chi connectivity index (χ0n) is 10.8. The van der Waals surface area contributed by atoms with Crippen LogP contribution in [0.2, 0.25) is 0 Å². The Balaban J connectivity index is 2.59. The van der Waals surface area contributed by atoms with Crippen LogP contribution in [-0.4, -0.2) is 27.9 Å². The predicted molar refractivity (Wildman–Crippen MR) is 61.9 cm³/mol. The van der Waals surface area contributed by atoms with Crippen molar-refractivity contribution in [1.29, 1.82) is 0 Å². The third-order valence-corrected chi connectivity index (χ3v) is 4.29. The van der Waals surface area contributed by atoms with Gasteiger partial charge in [-0.3, -0.25) is 4.79 Å². The smallest absolute Gasteiger partial charge is 0.324 e. The molecule has 2 rings (SSSR count). The molecule has 1 fully saturated rings. The van der Waals surface area contributed by atoms with Gasteiger partial charge in [-0.15, -0.1) is 0 Å². The van der Waals surface area contributed by atoms with Gasteiger partial charge < -0.3 is 14.9 Å². The lowest BCUT2D eigenvalue weighted by Gasteiger charge is -2.54. The Morgan fingerprint density at radius 2 is 1.94 bits per heavy atom. The van der Waals surface area contributed by atoms with Crippen LogP contribution in [0.3, 0.4) is 0 Å². The average Bonchev–Trinajstić information content (AvgIpc) is 2.38. The van der Waals surface area contributed by atoms with Gasteiger partial charge in [0, 0.05) is 6.42 Å². The molecule has 3 atom stereocenters. The summed E-state index contributed by atoms with van der Waals surface area (Å²) >= 11 is 0. The van der Waals surface area contributed by atoms with Crippen molar-refractivity contribution in [3.05, 3.63) is 11.8 Å². The molecule has 3 unspecified atom stereocenters. The second kappa shape index (κ2) is 3.33. The summed E-state index contributed by atoms with van der Waals surface area (Å²) in [4.78, 5) is 12.2. The minimum Gasteiger partial charge on any atom is -0.431 e. The molecule has 1 spiro atoms. The maximum Gasteiger partial charge on any atom is 0.324 e. The molecule has 1 saturated carbocycles. The quantitative estimate of drug-likeness (QED) is 0.627. The largest absolute Gasteiger partial charge is 0.431 e. The Morgan fingerprint density at radius 1 is 1.35 bits per heavy atom. The number of allylic oxidation sites excluding steroid dienone is 1. The van der Waals surface area contributed by atoms with Crippen LogP contribution in [0.25, 0.3) is 0 Å². The highest BCUT2D eigenvalue weighted by Crippen LogP contribution is 2.59. The van der Waals surface area contributed by atoms with Crippen molar-refractivity contribution in [3.63, 3.8) is 0 Å². The molecule has 4 heteroatoms. The number of carbonyl (C=O) groups is 1. The molecule has 0 aromatic rings. The fourth-order valence-corrected chi connectivity index (χ4v) is 3.64. The van der Waals surface area contributed by atoms with E-state index >= 15 is 0 Å². The zero-order valence-corrected chi connectivity index (χ0v) is 10.8. The molecule has 1 aliphatic heterocycles. The fraction of sp³-hybridized carbons (Fsp3) is 0.769. The molecule has 1 heterocycles. The van der Waals surface area contributed by atoms with Crippen LogP contribution in [0.4, 0.5) is 0 Å². The summed E-state index contributed by atoms with van der Waals surface area (Å²) in [6.45, 7) is 7.09. The maximum atomic E-state index is 12.2. The molecule has 4 nitrogen and oxygen atoms in total. The topological polar surface area (TPSA) is 66.8 Å². The first-order valence-electron chi connectivity index (χ1n) is 5.95. The first-order chi connectivity index (χ1) is 7.62. The summed E-state index contributed by atoms with van der Waals surface area (Å²) in [6.07, 6.45) is 1.80. The molecule has 2 N–H and O–H groups in total. The van der Waals surface area contributed by atoms with E-state index in [0.717, 1.165) is 0 Å². The van der Waals surface area contributed by atoms with Crippen molar-refractivity contribution in [1.82, 2.24) is 0 Å². The Morgan fingerprint density at radius 3 is 2.35 bits per heavy atom. The first kappa shape index (κ1) is 12.6. The normalized spacial score (nSPS) is 44.7. The third kappa shape index (κ3) is 1.47. The molecule has 0 aromatic carbocycles. The average molecular weight is 240 g/mol. The standard InChI is InChI=1S/C13H20O4/c1-8-5-13(10(15)17-8)11(2,3)6-9(14)7-12(13,4)16/h5,9,14,16H,6-7H2,1-4H3.